The van der Waals surface area contributed by atoms with Crippen molar-refractivity contribution in [1.82, 2.24) is 4.90 Å². The highest BCUT2D eigenvalue weighted by molar-refractivity contribution is 9.09. The van der Waals surface area contributed by atoms with Gasteiger partial charge in [0.15, 0.2) is 0 Å². The lowest BCUT2D eigenvalue weighted by Gasteiger charge is -2.37. The van der Waals surface area contributed by atoms with Crippen LogP contribution in [-0.4, -0.2) is 35.9 Å². The van der Waals surface area contributed by atoms with E-state index >= 15 is 0 Å². The zero-order valence-corrected chi connectivity index (χ0v) is 16.3. The minimum absolute atomic E-state index is 0.0765. The van der Waals surface area contributed by atoms with Crippen LogP contribution in [0, 0.1) is 5.82 Å². The number of hydrogen-bond donors (Lipinski definition) is 0. The van der Waals surface area contributed by atoms with Gasteiger partial charge in [0.25, 0.3) is 0 Å². The molecule has 1 atom stereocenters. The quantitative estimate of drug-likeness (QED) is 0.468. The summed E-state index contributed by atoms with van der Waals surface area (Å²) in [4.78, 5) is 4.77. The summed E-state index contributed by atoms with van der Waals surface area (Å²) in [5, 5.41) is 1.04. The molecule has 0 radical (unpaired) electrons. The fourth-order valence-electron chi connectivity index (χ4n) is 4.29. The van der Waals surface area contributed by atoms with Crippen LogP contribution >= 0.6 is 15.9 Å². The monoisotopic (exact) mass is 420 g/mol. The SMILES string of the molecule is FC1=CC=C2C(=C3CN(CCCCBr)CCC3N2c2ccc(F)cc2)C1. The fourth-order valence-corrected chi connectivity index (χ4v) is 4.68. The van der Waals surface area contributed by atoms with Gasteiger partial charge in [-0.05, 0) is 73.4 Å². The molecule has 4 rings (SSSR count). The first kappa shape index (κ1) is 17.9. The molecule has 3 aliphatic rings. The van der Waals surface area contributed by atoms with Crippen LogP contribution < -0.4 is 4.90 Å². The first-order chi connectivity index (χ1) is 12.7. The Bertz CT molecular complexity index is 767. The van der Waals surface area contributed by atoms with Gasteiger partial charge in [0, 0.05) is 36.2 Å². The van der Waals surface area contributed by atoms with Gasteiger partial charge in [-0.15, -0.1) is 0 Å². The Labute approximate surface area is 162 Å². The molecule has 138 valence electrons. The molecule has 26 heavy (non-hydrogen) atoms. The number of fused-ring (bicyclic) bond motifs is 2. The van der Waals surface area contributed by atoms with Crippen molar-refractivity contribution in [1.29, 1.82) is 0 Å². The fraction of sp³-hybridized carbons (Fsp3) is 0.429. The maximum atomic E-state index is 14.0. The van der Waals surface area contributed by atoms with E-state index in [1.54, 1.807) is 6.08 Å². The van der Waals surface area contributed by atoms with Gasteiger partial charge in [-0.25, -0.2) is 8.78 Å². The number of hydrogen-bond acceptors (Lipinski definition) is 2. The molecular formula is C21H23BrF2N2. The van der Waals surface area contributed by atoms with Crippen LogP contribution in [0.1, 0.15) is 25.7 Å². The van der Waals surface area contributed by atoms with Crippen molar-refractivity contribution in [3.05, 3.63) is 64.9 Å². The number of likely N-dealkylation sites (tertiary alicyclic amines) is 1. The van der Waals surface area contributed by atoms with Gasteiger partial charge in [0.1, 0.15) is 11.6 Å². The zero-order valence-electron chi connectivity index (χ0n) is 14.7. The van der Waals surface area contributed by atoms with E-state index < -0.39 is 0 Å². The van der Waals surface area contributed by atoms with Crippen LogP contribution in [0.2, 0.25) is 0 Å². The van der Waals surface area contributed by atoms with Gasteiger partial charge in [-0.1, -0.05) is 15.9 Å². The molecule has 0 saturated carbocycles. The number of piperidine rings is 1. The molecule has 0 spiro atoms. The van der Waals surface area contributed by atoms with Gasteiger partial charge >= 0.3 is 0 Å². The first-order valence-electron chi connectivity index (χ1n) is 9.29. The summed E-state index contributed by atoms with van der Waals surface area (Å²) in [5.74, 6) is -0.307. The Kier molecular flexibility index (Phi) is 5.28. The van der Waals surface area contributed by atoms with E-state index in [1.165, 1.54) is 30.5 Å². The Morgan fingerprint density at radius 2 is 1.88 bits per heavy atom. The second-order valence-corrected chi connectivity index (χ2v) is 7.96. The van der Waals surface area contributed by atoms with Gasteiger partial charge in [-0.3, -0.25) is 4.90 Å². The number of benzene rings is 1. The predicted molar refractivity (Wildman–Crippen MR) is 106 cm³/mol. The Morgan fingerprint density at radius 3 is 2.65 bits per heavy atom. The number of halogens is 3. The van der Waals surface area contributed by atoms with E-state index in [1.807, 2.05) is 18.2 Å². The topological polar surface area (TPSA) is 6.48 Å². The van der Waals surface area contributed by atoms with Crippen LogP contribution in [0.25, 0.3) is 0 Å². The van der Waals surface area contributed by atoms with Crippen molar-refractivity contribution < 1.29 is 8.78 Å². The number of unbranched alkanes of at least 4 members (excludes halogenated alkanes) is 1. The number of alkyl halides is 1. The Balaban J connectivity index is 1.63. The zero-order chi connectivity index (χ0) is 18.1. The molecule has 1 aliphatic carbocycles. The highest BCUT2D eigenvalue weighted by Crippen LogP contribution is 2.45. The summed E-state index contributed by atoms with van der Waals surface area (Å²) in [6, 6.07) is 6.92. The van der Waals surface area contributed by atoms with Crippen molar-refractivity contribution in [2.45, 2.75) is 31.7 Å². The third kappa shape index (κ3) is 3.39. The average Bonchev–Trinajstić information content (AvgIpc) is 2.96. The second-order valence-electron chi connectivity index (χ2n) is 7.17. The summed E-state index contributed by atoms with van der Waals surface area (Å²) < 4.78 is 27.4. The van der Waals surface area contributed by atoms with Crippen molar-refractivity contribution in [3.63, 3.8) is 0 Å². The lowest BCUT2D eigenvalue weighted by Crippen LogP contribution is -2.43. The largest absolute Gasteiger partial charge is 0.334 e. The predicted octanol–water partition coefficient (Wildman–Crippen LogP) is 5.33. The summed E-state index contributed by atoms with van der Waals surface area (Å²) in [7, 11) is 0. The first-order valence-corrected chi connectivity index (χ1v) is 10.4. The molecule has 0 amide bonds. The summed E-state index contributed by atoms with van der Waals surface area (Å²) in [6.07, 6.45) is 7.21. The smallest absolute Gasteiger partial charge is 0.123 e. The molecule has 1 fully saturated rings. The minimum atomic E-state index is -0.230. The van der Waals surface area contributed by atoms with Crippen LogP contribution in [0.5, 0.6) is 0 Å². The Morgan fingerprint density at radius 1 is 1.08 bits per heavy atom. The molecule has 0 aromatic heterocycles. The van der Waals surface area contributed by atoms with E-state index in [2.05, 4.69) is 25.7 Å². The molecule has 1 unspecified atom stereocenters. The lowest BCUT2D eigenvalue weighted by molar-refractivity contribution is 0.252. The molecule has 1 aromatic carbocycles. The standard InChI is InChI=1S/C21H23BrF2N2/c22-10-1-2-11-25-12-9-21-19(14-25)18-13-16(24)5-8-20(18)26(21)17-6-3-15(23)4-7-17/h3-8,21H,1-2,9-14H2. The lowest BCUT2D eigenvalue weighted by atomic mass is 9.94. The Hall–Kier alpha value is -1.46. The molecule has 2 aliphatic heterocycles. The highest BCUT2D eigenvalue weighted by atomic mass is 79.9. The molecule has 1 saturated heterocycles. The molecule has 2 heterocycles. The van der Waals surface area contributed by atoms with Crippen molar-refractivity contribution in [3.8, 4) is 0 Å². The van der Waals surface area contributed by atoms with E-state index in [4.69, 9.17) is 0 Å². The maximum absolute atomic E-state index is 14.0. The van der Waals surface area contributed by atoms with Crippen LogP contribution in [0.15, 0.2) is 59.1 Å². The maximum Gasteiger partial charge on any atom is 0.123 e. The minimum Gasteiger partial charge on any atom is -0.334 e. The molecular weight excluding hydrogens is 398 g/mol. The number of rotatable bonds is 5. The van der Waals surface area contributed by atoms with E-state index in [9.17, 15) is 8.78 Å². The molecule has 1 aromatic rings. The van der Waals surface area contributed by atoms with Crippen LogP contribution in [0.3, 0.4) is 0 Å². The summed E-state index contributed by atoms with van der Waals surface area (Å²) in [5.41, 5.74) is 4.54. The van der Waals surface area contributed by atoms with E-state index in [-0.39, 0.29) is 17.7 Å². The van der Waals surface area contributed by atoms with Crippen molar-refractivity contribution in [2.24, 2.45) is 0 Å². The average molecular weight is 421 g/mol. The summed E-state index contributed by atoms with van der Waals surface area (Å²) in [6.45, 7) is 3.04. The highest BCUT2D eigenvalue weighted by Gasteiger charge is 2.40. The number of anilines is 1. The van der Waals surface area contributed by atoms with Crippen molar-refractivity contribution >= 4 is 21.6 Å². The van der Waals surface area contributed by atoms with Gasteiger partial charge < -0.3 is 4.90 Å². The molecule has 0 N–H and O–H groups in total. The van der Waals surface area contributed by atoms with Gasteiger partial charge in [0.05, 0.1) is 6.04 Å². The normalized spacial score (nSPS) is 22.9. The van der Waals surface area contributed by atoms with Gasteiger partial charge in [0.2, 0.25) is 0 Å². The molecule has 5 heteroatoms. The molecule has 2 nitrogen and oxygen atoms in total. The van der Waals surface area contributed by atoms with E-state index in [0.717, 1.165) is 48.3 Å². The number of allylic oxidation sites excluding steroid dienone is 4. The third-order valence-electron chi connectivity index (χ3n) is 5.51. The summed E-state index contributed by atoms with van der Waals surface area (Å²) >= 11 is 3.49. The second kappa shape index (κ2) is 7.65. The van der Waals surface area contributed by atoms with Crippen LogP contribution in [0.4, 0.5) is 14.5 Å². The van der Waals surface area contributed by atoms with E-state index in [0.29, 0.717) is 6.42 Å². The van der Waals surface area contributed by atoms with Crippen molar-refractivity contribution in [2.75, 3.05) is 29.9 Å². The number of nitrogens with zero attached hydrogens (tertiary/aromatic N) is 2. The third-order valence-corrected chi connectivity index (χ3v) is 6.07. The molecule has 0 bridgehead atoms. The van der Waals surface area contributed by atoms with Crippen LogP contribution in [-0.2, 0) is 0 Å². The van der Waals surface area contributed by atoms with Gasteiger partial charge in [-0.2, -0.15) is 0 Å².